The topological polar surface area (TPSA) is 60.5 Å². The van der Waals surface area contributed by atoms with Gasteiger partial charge in [0.15, 0.2) is 0 Å². The van der Waals surface area contributed by atoms with Gasteiger partial charge >= 0.3 is 0 Å². The summed E-state index contributed by atoms with van der Waals surface area (Å²) in [4.78, 5) is 16.2. The second-order valence-electron chi connectivity index (χ2n) is 4.81. The van der Waals surface area contributed by atoms with E-state index in [1.54, 1.807) is 31.5 Å². The van der Waals surface area contributed by atoms with Gasteiger partial charge in [-0.2, -0.15) is 0 Å². The van der Waals surface area contributed by atoms with Gasteiger partial charge in [0.25, 0.3) is 5.91 Å². The van der Waals surface area contributed by atoms with E-state index in [9.17, 15) is 4.79 Å². The van der Waals surface area contributed by atoms with Crippen LogP contribution >= 0.6 is 15.9 Å². The zero-order chi connectivity index (χ0) is 17.4. The summed E-state index contributed by atoms with van der Waals surface area (Å²) < 4.78 is 11.2. The minimum Gasteiger partial charge on any atom is -0.497 e. The molecule has 0 aliphatic carbocycles. The van der Waals surface area contributed by atoms with Crippen molar-refractivity contribution in [1.82, 2.24) is 10.3 Å². The van der Waals surface area contributed by atoms with Gasteiger partial charge in [-0.05, 0) is 53.2 Å². The average Bonchev–Trinajstić information content (AvgIpc) is 2.59. The van der Waals surface area contributed by atoms with Crippen LogP contribution in [0.2, 0.25) is 0 Å². The van der Waals surface area contributed by atoms with Crippen LogP contribution in [0.25, 0.3) is 0 Å². The Bertz CT molecular complexity index is 764. The third-order valence-corrected chi connectivity index (χ3v) is 3.77. The Balaban J connectivity index is 1.80. The molecule has 0 spiro atoms. The molecule has 0 unspecified atom stereocenters. The van der Waals surface area contributed by atoms with Crippen LogP contribution in [-0.2, 0) is 0 Å². The van der Waals surface area contributed by atoms with Crippen LogP contribution in [0.5, 0.6) is 11.5 Å². The fourth-order valence-corrected chi connectivity index (χ4v) is 2.22. The molecule has 2 aromatic rings. The predicted molar refractivity (Wildman–Crippen MR) is 95.3 cm³/mol. The predicted octanol–water partition coefficient (Wildman–Crippen LogP) is 2.97. The quantitative estimate of drug-likeness (QED) is 0.799. The van der Waals surface area contributed by atoms with Crippen LogP contribution in [0.1, 0.15) is 16.1 Å². The Kier molecular flexibility index (Phi) is 6.64. The fourth-order valence-electron chi connectivity index (χ4n) is 1.80. The number of methoxy groups -OCH3 is 1. The van der Waals surface area contributed by atoms with E-state index < -0.39 is 0 Å². The second-order valence-corrected chi connectivity index (χ2v) is 5.66. The summed E-state index contributed by atoms with van der Waals surface area (Å²) in [6.45, 7) is 2.38. The molecular weight excluding hydrogens is 372 g/mol. The number of rotatable bonds is 5. The summed E-state index contributed by atoms with van der Waals surface area (Å²) in [5.41, 5.74) is 1.43. The number of hydrogen-bond donors (Lipinski definition) is 1. The molecule has 0 atom stereocenters. The third-order valence-electron chi connectivity index (χ3n) is 3.08. The van der Waals surface area contributed by atoms with Crippen LogP contribution in [-0.4, -0.2) is 31.2 Å². The van der Waals surface area contributed by atoms with E-state index in [4.69, 9.17) is 9.47 Å². The van der Waals surface area contributed by atoms with Gasteiger partial charge in [0.05, 0.1) is 25.4 Å². The van der Waals surface area contributed by atoms with E-state index in [0.717, 1.165) is 5.69 Å². The monoisotopic (exact) mass is 388 g/mol. The van der Waals surface area contributed by atoms with Crippen molar-refractivity contribution in [3.63, 3.8) is 0 Å². The lowest BCUT2D eigenvalue weighted by atomic mass is 10.2. The Morgan fingerprint density at radius 1 is 1.25 bits per heavy atom. The van der Waals surface area contributed by atoms with Crippen molar-refractivity contribution in [3.8, 4) is 23.3 Å². The Morgan fingerprint density at radius 2 is 2.04 bits per heavy atom. The molecule has 0 bridgehead atoms. The molecule has 0 aliphatic heterocycles. The first-order valence-corrected chi connectivity index (χ1v) is 8.02. The highest BCUT2D eigenvalue weighted by atomic mass is 79.9. The maximum absolute atomic E-state index is 12.1. The van der Waals surface area contributed by atoms with E-state index in [1.165, 1.54) is 0 Å². The largest absolute Gasteiger partial charge is 0.497 e. The molecule has 1 amide bonds. The molecule has 2 rings (SSSR count). The highest BCUT2D eigenvalue weighted by Gasteiger charge is 2.10. The lowest BCUT2D eigenvalue weighted by Gasteiger charge is -2.06. The molecule has 0 aliphatic rings. The van der Waals surface area contributed by atoms with Gasteiger partial charge in [-0.15, -0.1) is 0 Å². The molecule has 0 radical (unpaired) electrons. The van der Waals surface area contributed by atoms with Crippen molar-refractivity contribution in [1.29, 1.82) is 0 Å². The number of carbonyl (C=O) groups excluding carboxylic acids is 1. The molecule has 1 aromatic carbocycles. The number of nitrogens with zero attached hydrogens (tertiary/aromatic N) is 1. The van der Waals surface area contributed by atoms with Crippen LogP contribution in [0.15, 0.2) is 41.0 Å². The van der Waals surface area contributed by atoms with Crippen molar-refractivity contribution in [2.24, 2.45) is 0 Å². The lowest BCUT2D eigenvalue weighted by Crippen LogP contribution is -2.24. The number of pyridine rings is 1. The summed E-state index contributed by atoms with van der Waals surface area (Å²) in [5.74, 6) is 6.75. The van der Waals surface area contributed by atoms with Gasteiger partial charge in [0, 0.05) is 10.2 Å². The standard InChI is InChI=1S/C18H17BrN2O3/c1-13-5-6-15(12-21-13)24-10-4-3-9-20-18(22)16-11-14(23-2)7-8-17(16)19/h5-8,11-12H,9-10H2,1-2H3,(H,20,22). The molecule has 0 saturated heterocycles. The Morgan fingerprint density at radius 3 is 2.75 bits per heavy atom. The number of halogens is 1. The summed E-state index contributed by atoms with van der Waals surface area (Å²) in [6.07, 6.45) is 1.65. The number of amides is 1. The fraction of sp³-hybridized carbons (Fsp3) is 0.222. The van der Waals surface area contributed by atoms with Crippen LogP contribution in [0.4, 0.5) is 0 Å². The average molecular weight is 389 g/mol. The van der Waals surface area contributed by atoms with Crippen LogP contribution in [0.3, 0.4) is 0 Å². The van der Waals surface area contributed by atoms with Crippen LogP contribution in [0, 0.1) is 18.8 Å². The van der Waals surface area contributed by atoms with Gasteiger partial charge in [-0.25, -0.2) is 0 Å². The molecule has 1 N–H and O–H groups in total. The molecule has 1 aromatic heterocycles. The highest BCUT2D eigenvalue weighted by molar-refractivity contribution is 9.10. The van der Waals surface area contributed by atoms with E-state index in [2.05, 4.69) is 38.1 Å². The maximum atomic E-state index is 12.1. The highest BCUT2D eigenvalue weighted by Crippen LogP contribution is 2.22. The normalized spacial score (nSPS) is 9.62. The molecule has 0 saturated carbocycles. The lowest BCUT2D eigenvalue weighted by molar-refractivity contribution is 0.0957. The van der Waals surface area contributed by atoms with Gasteiger partial charge < -0.3 is 14.8 Å². The van der Waals surface area contributed by atoms with Crippen molar-refractivity contribution in [3.05, 3.63) is 52.3 Å². The van der Waals surface area contributed by atoms with E-state index in [-0.39, 0.29) is 19.1 Å². The number of ether oxygens (including phenoxy) is 2. The maximum Gasteiger partial charge on any atom is 0.253 e. The second kappa shape index (κ2) is 8.94. The molecule has 124 valence electrons. The van der Waals surface area contributed by atoms with Gasteiger partial charge in [-0.3, -0.25) is 9.78 Å². The van der Waals surface area contributed by atoms with Gasteiger partial charge in [-0.1, -0.05) is 11.8 Å². The van der Waals surface area contributed by atoms with Gasteiger partial charge in [0.1, 0.15) is 18.1 Å². The number of carbonyl (C=O) groups is 1. The first-order chi connectivity index (χ1) is 11.6. The number of benzene rings is 1. The van der Waals surface area contributed by atoms with Crippen molar-refractivity contribution < 1.29 is 14.3 Å². The number of nitrogens with one attached hydrogen (secondary N) is 1. The zero-order valence-electron chi connectivity index (χ0n) is 13.4. The van der Waals surface area contributed by atoms with Crippen LogP contribution < -0.4 is 14.8 Å². The third kappa shape index (κ3) is 5.28. The smallest absolute Gasteiger partial charge is 0.253 e. The van der Waals surface area contributed by atoms with Crippen molar-refractivity contribution in [2.75, 3.05) is 20.3 Å². The van der Waals surface area contributed by atoms with Gasteiger partial charge in [0.2, 0.25) is 0 Å². The number of aromatic nitrogens is 1. The first-order valence-electron chi connectivity index (χ1n) is 7.23. The Hall–Kier alpha value is -2.52. The molecule has 0 fully saturated rings. The SMILES string of the molecule is COc1ccc(Br)c(C(=O)NCC#CCOc2ccc(C)nc2)c1. The molecule has 1 heterocycles. The van der Waals surface area contributed by atoms with E-state index >= 15 is 0 Å². The summed E-state index contributed by atoms with van der Waals surface area (Å²) in [6, 6.07) is 8.92. The molecular formula is C18H17BrN2O3. The number of aryl methyl sites for hydroxylation is 1. The minimum absolute atomic E-state index is 0.223. The summed E-state index contributed by atoms with van der Waals surface area (Å²) >= 11 is 3.35. The summed E-state index contributed by atoms with van der Waals surface area (Å²) in [5, 5.41) is 2.73. The number of hydrogen-bond acceptors (Lipinski definition) is 4. The molecule has 24 heavy (non-hydrogen) atoms. The summed E-state index contributed by atoms with van der Waals surface area (Å²) in [7, 11) is 1.56. The molecule has 5 nitrogen and oxygen atoms in total. The van der Waals surface area contributed by atoms with E-state index in [0.29, 0.717) is 21.5 Å². The van der Waals surface area contributed by atoms with Crippen molar-refractivity contribution >= 4 is 21.8 Å². The molecule has 6 heteroatoms. The Labute approximate surface area is 149 Å². The first kappa shape index (κ1) is 17.8. The zero-order valence-corrected chi connectivity index (χ0v) is 15.0. The van der Waals surface area contributed by atoms with Crippen molar-refractivity contribution in [2.45, 2.75) is 6.92 Å². The minimum atomic E-state index is -0.223. The van der Waals surface area contributed by atoms with E-state index in [1.807, 2.05) is 19.1 Å².